The van der Waals surface area contributed by atoms with Crippen molar-refractivity contribution in [1.82, 2.24) is 9.55 Å². The number of aromatic amines is 1. The molecule has 7 nitrogen and oxygen atoms in total. The molecule has 8 heteroatoms. The first-order valence-corrected chi connectivity index (χ1v) is 5.95. The van der Waals surface area contributed by atoms with Gasteiger partial charge in [0.05, 0.1) is 18.6 Å². The highest BCUT2D eigenvalue weighted by Crippen LogP contribution is 2.27. The van der Waals surface area contributed by atoms with Gasteiger partial charge >= 0.3 is 5.69 Å². The highest BCUT2D eigenvalue weighted by Gasteiger charge is 2.35. The normalized spacial score (nSPS) is 27.6. The highest BCUT2D eigenvalue weighted by atomic mass is 35.5. The van der Waals surface area contributed by atoms with Crippen molar-refractivity contribution in [3.8, 4) is 0 Å². The lowest BCUT2D eigenvalue weighted by Gasteiger charge is -2.14. The zero-order chi connectivity index (χ0) is 13.3. The summed E-state index contributed by atoms with van der Waals surface area (Å²) in [5.74, 6) is -0.0334. The van der Waals surface area contributed by atoms with Crippen LogP contribution in [0.1, 0.15) is 18.2 Å². The smallest absolute Gasteiger partial charge is 0.330 e. The number of aromatic nitrogens is 2. The molecule has 1 fully saturated rings. The molecule has 0 aliphatic carbocycles. The van der Waals surface area contributed by atoms with Gasteiger partial charge in [0.15, 0.2) is 0 Å². The summed E-state index contributed by atoms with van der Waals surface area (Å²) in [5, 5.41) is 18.6. The molecule has 1 aliphatic rings. The summed E-state index contributed by atoms with van der Waals surface area (Å²) in [4.78, 5) is 25.1. The Balaban J connectivity index is 2.35. The summed E-state index contributed by atoms with van der Waals surface area (Å²) in [7, 11) is 0. The third-order valence-electron chi connectivity index (χ3n) is 2.88. The van der Waals surface area contributed by atoms with Crippen LogP contribution in [0.2, 0.25) is 0 Å². The Labute approximate surface area is 107 Å². The van der Waals surface area contributed by atoms with Gasteiger partial charge in [0.1, 0.15) is 12.3 Å². The van der Waals surface area contributed by atoms with Crippen molar-refractivity contribution >= 4 is 11.6 Å². The molecule has 1 aromatic heterocycles. The maximum Gasteiger partial charge on any atom is 0.330 e. The molecule has 1 aromatic rings. The minimum absolute atomic E-state index is 0.0334. The molecule has 100 valence electrons. The number of nitrogens with one attached hydrogen (secondary N) is 1. The number of H-pyrrole nitrogens is 1. The zero-order valence-electron chi connectivity index (χ0n) is 9.38. The fourth-order valence-electron chi connectivity index (χ4n) is 1.89. The van der Waals surface area contributed by atoms with Crippen LogP contribution in [0.15, 0.2) is 15.8 Å². The van der Waals surface area contributed by atoms with Gasteiger partial charge in [0.25, 0.3) is 5.56 Å². The lowest BCUT2D eigenvalue weighted by Crippen LogP contribution is -2.34. The molecule has 2 heterocycles. The molecule has 0 bridgehead atoms. The van der Waals surface area contributed by atoms with Gasteiger partial charge in [0.2, 0.25) is 0 Å². The number of hydrogen-bond acceptors (Lipinski definition) is 5. The predicted octanol–water partition coefficient (Wildman–Crippen LogP) is -1.08. The largest absolute Gasteiger partial charge is 0.394 e. The first-order valence-electron chi connectivity index (χ1n) is 5.41. The van der Waals surface area contributed by atoms with Crippen molar-refractivity contribution in [2.24, 2.45) is 0 Å². The Morgan fingerprint density at radius 2 is 2.28 bits per heavy atom. The molecule has 0 radical (unpaired) electrons. The van der Waals surface area contributed by atoms with Crippen molar-refractivity contribution < 1.29 is 14.9 Å². The van der Waals surface area contributed by atoms with Crippen molar-refractivity contribution in [2.45, 2.75) is 30.7 Å². The Morgan fingerprint density at radius 3 is 2.83 bits per heavy atom. The fourth-order valence-corrected chi connectivity index (χ4v) is 2.08. The quantitative estimate of drug-likeness (QED) is 0.609. The Kier molecular flexibility index (Phi) is 3.86. The number of aliphatic hydroxyl groups is 2. The minimum atomic E-state index is -0.849. The van der Waals surface area contributed by atoms with Crippen LogP contribution < -0.4 is 11.2 Å². The van der Waals surface area contributed by atoms with E-state index >= 15 is 0 Å². The van der Waals surface area contributed by atoms with Gasteiger partial charge in [-0.05, 0) is 0 Å². The van der Waals surface area contributed by atoms with Crippen LogP contribution in [0.4, 0.5) is 0 Å². The van der Waals surface area contributed by atoms with Gasteiger partial charge in [-0.1, -0.05) is 0 Å². The number of halogens is 1. The van der Waals surface area contributed by atoms with E-state index in [0.717, 1.165) is 4.57 Å². The molecule has 1 aliphatic heterocycles. The summed E-state index contributed by atoms with van der Waals surface area (Å²) in [5.41, 5.74) is -0.935. The molecule has 2 rings (SSSR count). The van der Waals surface area contributed by atoms with Crippen LogP contribution in [-0.2, 0) is 10.6 Å². The molecule has 3 atom stereocenters. The number of nitrogens with zero attached hydrogens (tertiary/aromatic N) is 1. The predicted molar refractivity (Wildman–Crippen MR) is 62.5 cm³/mol. The van der Waals surface area contributed by atoms with Crippen molar-refractivity contribution in [2.75, 3.05) is 6.61 Å². The Hall–Kier alpha value is -1.15. The van der Waals surface area contributed by atoms with Crippen molar-refractivity contribution in [3.05, 3.63) is 32.6 Å². The number of aliphatic hydroxyl groups excluding tert-OH is 2. The number of hydrogen-bond donors (Lipinski definition) is 3. The van der Waals surface area contributed by atoms with Gasteiger partial charge in [-0.15, -0.1) is 11.6 Å². The summed E-state index contributed by atoms with van der Waals surface area (Å²) >= 11 is 5.58. The molecule has 3 N–H and O–H groups in total. The first-order chi connectivity index (χ1) is 8.56. The summed E-state index contributed by atoms with van der Waals surface area (Å²) in [6.07, 6.45) is -0.820. The third kappa shape index (κ3) is 2.35. The average Bonchev–Trinajstić information content (AvgIpc) is 2.70. The summed E-state index contributed by atoms with van der Waals surface area (Å²) in [6.45, 7) is -0.335. The second-order valence-corrected chi connectivity index (χ2v) is 4.34. The molecule has 1 saturated heterocycles. The number of ether oxygens (including phenoxy) is 1. The lowest BCUT2D eigenvalue weighted by atomic mass is 10.2. The summed E-state index contributed by atoms with van der Waals surface area (Å²) in [6, 6.07) is 0. The second-order valence-electron chi connectivity index (χ2n) is 4.07. The molecule has 0 unspecified atom stereocenters. The monoisotopic (exact) mass is 276 g/mol. The van der Waals surface area contributed by atoms with Crippen molar-refractivity contribution in [3.63, 3.8) is 0 Å². The van der Waals surface area contributed by atoms with Gasteiger partial charge in [-0.25, -0.2) is 4.79 Å². The van der Waals surface area contributed by atoms with E-state index in [1.807, 2.05) is 0 Å². The second kappa shape index (κ2) is 5.23. The van der Waals surface area contributed by atoms with E-state index in [0.29, 0.717) is 0 Å². The van der Waals surface area contributed by atoms with Crippen LogP contribution >= 0.6 is 11.6 Å². The van der Waals surface area contributed by atoms with E-state index in [2.05, 4.69) is 4.98 Å². The molecular formula is C10H13ClN2O5. The molecule has 0 spiro atoms. The van der Waals surface area contributed by atoms with Crippen LogP contribution in [0.25, 0.3) is 0 Å². The maximum absolute atomic E-state index is 11.6. The zero-order valence-corrected chi connectivity index (χ0v) is 10.1. The van der Waals surface area contributed by atoms with Crippen molar-refractivity contribution in [1.29, 1.82) is 0 Å². The van der Waals surface area contributed by atoms with E-state index in [-0.39, 0.29) is 24.5 Å². The van der Waals surface area contributed by atoms with Gasteiger partial charge < -0.3 is 14.9 Å². The van der Waals surface area contributed by atoms with Crippen LogP contribution in [-0.4, -0.2) is 38.6 Å². The topological polar surface area (TPSA) is 105 Å². The first kappa shape index (κ1) is 13.3. The highest BCUT2D eigenvalue weighted by molar-refractivity contribution is 6.17. The molecule has 18 heavy (non-hydrogen) atoms. The number of rotatable bonds is 3. The molecule has 0 amide bonds. The van der Waals surface area contributed by atoms with E-state index < -0.39 is 29.7 Å². The van der Waals surface area contributed by atoms with Gasteiger partial charge in [-0.2, -0.15) is 0 Å². The number of alkyl halides is 1. The standard InChI is InChI=1S/C10H13ClN2O5/c11-2-5-3-13(10(17)12-9(5)16)8-1-6(15)7(4-14)18-8/h3,6-8,14-15H,1-2,4H2,(H,12,16,17)/t6-,7+,8+/m0/s1. The van der Waals surface area contributed by atoms with Crippen LogP contribution in [0, 0.1) is 0 Å². The van der Waals surface area contributed by atoms with Crippen LogP contribution in [0.3, 0.4) is 0 Å². The SMILES string of the molecule is O=c1[nH]c(=O)n([C@H]2C[C@H](O)[C@@H](CO)O2)cc1CCl. The van der Waals surface area contributed by atoms with E-state index in [1.54, 1.807) is 0 Å². The Bertz CT molecular complexity index is 540. The summed E-state index contributed by atoms with van der Waals surface area (Å²) < 4.78 is 6.49. The van der Waals surface area contributed by atoms with E-state index in [9.17, 15) is 14.7 Å². The lowest BCUT2D eigenvalue weighted by molar-refractivity contribution is -0.0459. The Morgan fingerprint density at radius 1 is 1.56 bits per heavy atom. The minimum Gasteiger partial charge on any atom is -0.394 e. The molecule has 0 saturated carbocycles. The van der Waals surface area contributed by atoms with Gasteiger partial charge in [0, 0.05) is 18.2 Å². The van der Waals surface area contributed by atoms with Gasteiger partial charge in [-0.3, -0.25) is 14.3 Å². The van der Waals surface area contributed by atoms with E-state index in [4.69, 9.17) is 21.4 Å². The fraction of sp³-hybridized carbons (Fsp3) is 0.600. The molecular weight excluding hydrogens is 264 g/mol. The average molecular weight is 277 g/mol. The van der Waals surface area contributed by atoms with E-state index in [1.165, 1.54) is 6.20 Å². The maximum atomic E-state index is 11.6. The molecule has 0 aromatic carbocycles. The van der Waals surface area contributed by atoms with Crippen LogP contribution in [0.5, 0.6) is 0 Å². The third-order valence-corrected chi connectivity index (χ3v) is 3.17.